The Morgan fingerprint density at radius 2 is 2.00 bits per heavy atom. The van der Waals surface area contributed by atoms with Gasteiger partial charge in [-0.05, 0) is 51.0 Å². The third-order valence-corrected chi connectivity index (χ3v) is 3.68. The Morgan fingerprint density at radius 1 is 1.35 bits per heavy atom. The minimum atomic E-state index is -0.269. The van der Waals surface area contributed by atoms with Crippen molar-refractivity contribution < 1.29 is 14.3 Å². The molecule has 3 nitrogen and oxygen atoms in total. The molecule has 0 saturated heterocycles. The average molecular weight is 278 g/mol. The van der Waals surface area contributed by atoms with Crippen LogP contribution in [0.5, 0.6) is 0 Å². The minimum Gasteiger partial charge on any atom is -0.463 e. The van der Waals surface area contributed by atoms with E-state index in [9.17, 15) is 9.59 Å². The SMILES string of the molecule is CCOC(=O)/C(C)=C/CCC1=C(C)CC(C)(C)CC1=O. The third-order valence-electron chi connectivity index (χ3n) is 3.68. The number of hydrogen-bond acceptors (Lipinski definition) is 3. The van der Waals surface area contributed by atoms with Crippen LogP contribution in [0.3, 0.4) is 0 Å². The van der Waals surface area contributed by atoms with E-state index in [1.165, 1.54) is 5.57 Å². The first-order valence-electron chi connectivity index (χ1n) is 7.32. The summed E-state index contributed by atoms with van der Waals surface area (Å²) in [7, 11) is 0. The zero-order chi connectivity index (χ0) is 15.3. The quantitative estimate of drug-likeness (QED) is 0.564. The molecule has 0 bridgehead atoms. The van der Waals surface area contributed by atoms with E-state index in [2.05, 4.69) is 20.8 Å². The second kappa shape index (κ2) is 6.87. The van der Waals surface area contributed by atoms with Gasteiger partial charge in [-0.25, -0.2) is 4.79 Å². The summed E-state index contributed by atoms with van der Waals surface area (Å²) in [6.45, 7) is 10.3. The number of ether oxygens (including phenoxy) is 1. The molecule has 0 aromatic rings. The Bertz CT molecular complexity index is 453. The minimum absolute atomic E-state index is 0.0847. The average Bonchev–Trinajstić information content (AvgIpc) is 2.31. The molecule has 0 fully saturated rings. The largest absolute Gasteiger partial charge is 0.463 e. The maximum atomic E-state index is 12.2. The predicted molar refractivity (Wildman–Crippen MR) is 80.3 cm³/mol. The number of allylic oxidation sites excluding steroid dienone is 3. The molecule has 1 rings (SSSR count). The van der Waals surface area contributed by atoms with Gasteiger partial charge in [0.05, 0.1) is 6.61 Å². The Morgan fingerprint density at radius 3 is 2.55 bits per heavy atom. The van der Waals surface area contributed by atoms with Gasteiger partial charge in [-0.15, -0.1) is 0 Å². The lowest BCUT2D eigenvalue weighted by Crippen LogP contribution is -2.25. The molecular formula is C17H26O3. The number of hydrogen-bond donors (Lipinski definition) is 0. The van der Waals surface area contributed by atoms with Gasteiger partial charge < -0.3 is 4.74 Å². The molecule has 0 radical (unpaired) electrons. The van der Waals surface area contributed by atoms with E-state index >= 15 is 0 Å². The number of rotatable bonds is 5. The molecule has 0 aromatic carbocycles. The Hall–Kier alpha value is -1.38. The molecule has 0 unspecified atom stereocenters. The Labute approximate surface area is 122 Å². The molecular weight excluding hydrogens is 252 g/mol. The van der Waals surface area contributed by atoms with E-state index in [1.807, 2.05) is 6.08 Å². The smallest absolute Gasteiger partial charge is 0.333 e. The van der Waals surface area contributed by atoms with Gasteiger partial charge in [-0.2, -0.15) is 0 Å². The number of esters is 1. The van der Waals surface area contributed by atoms with E-state index in [4.69, 9.17) is 4.74 Å². The zero-order valence-corrected chi connectivity index (χ0v) is 13.3. The summed E-state index contributed by atoms with van der Waals surface area (Å²) in [5.41, 5.74) is 2.86. The summed E-state index contributed by atoms with van der Waals surface area (Å²) in [4.78, 5) is 23.6. The van der Waals surface area contributed by atoms with E-state index < -0.39 is 0 Å². The van der Waals surface area contributed by atoms with Gasteiger partial charge in [0.2, 0.25) is 0 Å². The first-order chi connectivity index (χ1) is 9.26. The van der Waals surface area contributed by atoms with Crippen molar-refractivity contribution in [3.05, 3.63) is 22.8 Å². The van der Waals surface area contributed by atoms with Crippen molar-refractivity contribution in [2.75, 3.05) is 6.61 Å². The fourth-order valence-electron chi connectivity index (χ4n) is 2.78. The van der Waals surface area contributed by atoms with Crippen LogP contribution in [0.1, 0.15) is 60.3 Å². The lowest BCUT2D eigenvalue weighted by Gasteiger charge is -2.31. The van der Waals surface area contributed by atoms with Crippen LogP contribution >= 0.6 is 0 Å². The molecule has 112 valence electrons. The van der Waals surface area contributed by atoms with E-state index in [1.54, 1.807) is 13.8 Å². The normalized spacial score (nSPS) is 19.2. The molecule has 0 aliphatic heterocycles. The van der Waals surface area contributed by atoms with Crippen LogP contribution in [-0.2, 0) is 14.3 Å². The second-order valence-corrected chi connectivity index (χ2v) is 6.35. The summed E-state index contributed by atoms with van der Waals surface area (Å²) < 4.78 is 4.93. The molecule has 3 heteroatoms. The van der Waals surface area contributed by atoms with Crippen molar-refractivity contribution in [3.63, 3.8) is 0 Å². The first-order valence-corrected chi connectivity index (χ1v) is 7.32. The lowest BCUT2D eigenvalue weighted by molar-refractivity contribution is -0.138. The number of carbonyl (C=O) groups is 2. The zero-order valence-electron chi connectivity index (χ0n) is 13.3. The highest BCUT2D eigenvalue weighted by Gasteiger charge is 2.30. The van der Waals surface area contributed by atoms with Gasteiger partial charge in [0.15, 0.2) is 5.78 Å². The summed E-state index contributed by atoms with van der Waals surface area (Å²) in [6, 6.07) is 0. The van der Waals surface area contributed by atoms with Crippen molar-refractivity contribution in [2.45, 2.75) is 60.3 Å². The predicted octanol–water partition coefficient (Wildman–Crippen LogP) is 3.98. The van der Waals surface area contributed by atoms with Crippen LogP contribution in [0, 0.1) is 5.41 Å². The summed E-state index contributed by atoms with van der Waals surface area (Å²) in [5.74, 6) is -0.00440. The van der Waals surface area contributed by atoms with E-state index in [0.717, 1.165) is 18.4 Å². The van der Waals surface area contributed by atoms with Crippen LogP contribution in [0.15, 0.2) is 22.8 Å². The topological polar surface area (TPSA) is 43.4 Å². The van der Waals surface area contributed by atoms with Gasteiger partial charge in [-0.3, -0.25) is 4.79 Å². The van der Waals surface area contributed by atoms with Crippen LogP contribution in [0.2, 0.25) is 0 Å². The van der Waals surface area contributed by atoms with Gasteiger partial charge in [0.25, 0.3) is 0 Å². The fraction of sp³-hybridized carbons (Fsp3) is 0.647. The van der Waals surface area contributed by atoms with Gasteiger partial charge >= 0.3 is 5.97 Å². The van der Waals surface area contributed by atoms with E-state index in [0.29, 0.717) is 25.0 Å². The molecule has 1 aliphatic rings. The van der Waals surface area contributed by atoms with Crippen molar-refractivity contribution in [3.8, 4) is 0 Å². The highest BCUT2D eigenvalue weighted by Crippen LogP contribution is 2.37. The highest BCUT2D eigenvalue weighted by atomic mass is 16.5. The fourth-order valence-corrected chi connectivity index (χ4v) is 2.78. The molecule has 20 heavy (non-hydrogen) atoms. The van der Waals surface area contributed by atoms with Crippen molar-refractivity contribution in [1.29, 1.82) is 0 Å². The molecule has 0 amide bonds. The molecule has 0 spiro atoms. The van der Waals surface area contributed by atoms with Crippen molar-refractivity contribution in [1.82, 2.24) is 0 Å². The monoisotopic (exact) mass is 278 g/mol. The number of carbonyl (C=O) groups excluding carboxylic acids is 2. The summed E-state index contributed by atoms with van der Waals surface area (Å²) in [6.07, 6.45) is 4.90. The molecule has 0 heterocycles. The Balaban J connectivity index is 2.64. The van der Waals surface area contributed by atoms with Crippen LogP contribution in [0.25, 0.3) is 0 Å². The molecule has 1 aliphatic carbocycles. The van der Waals surface area contributed by atoms with Gasteiger partial charge in [0.1, 0.15) is 0 Å². The van der Waals surface area contributed by atoms with Gasteiger partial charge in [-0.1, -0.05) is 25.5 Å². The van der Waals surface area contributed by atoms with Gasteiger partial charge in [0, 0.05) is 12.0 Å². The van der Waals surface area contributed by atoms with Crippen molar-refractivity contribution in [2.24, 2.45) is 5.41 Å². The lowest BCUT2D eigenvalue weighted by atomic mass is 9.73. The standard InChI is InChI=1S/C17H26O3/c1-6-20-16(19)12(2)8-7-9-14-13(3)10-17(4,5)11-15(14)18/h8H,6-7,9-11H2,1-5H3/b12-8+. The number of Topliss-reactive ketones (excluding diaryl/α,β-unsaturated/α-hetero) is 1. The van der Waals surface area contributed by atoms with E-state index in [-0.39, 0.29) is 17.2 Å². The maximum Gasteiger partial charge on any atom is 0.333 e. The third kappa shape index (κ3) is 4.62. The maximum absolute atomic E-state index is 12.2. The number of ketones is 1. The molecule has 0 saturated carbocycles. The second-order valence-electron chi connectivity index (χ2n) is 6.35. The summed E-state index contributed by atoms with van der Waals surface area (Å²) >= 11 is 0. The molecule has 0 aromatic heterocycles. The molecule has 0 atom stereocenters. The first kappa shape index (κ1) is 16.7. The highest BCUT2D eigenvalue weighted by molar-refractivity contribution is 5.97. The van der Waals surface area contributed by atoms with Crippen LogP contribution in [-0.4, -0.2) is 18.4 Å². The van der Waals surface area contributed by atoms with Crippen molar-refractivity contribution >= 4 is 11.8 Å². The summed E-state index contributed by atoms with van der Waals surface area (Å²) in [5, 5.41) is 0. The Kier molecular flexibility index (Phi) is 5.73. The van der Waals surface area contributed by atoms with Crippen LogP contribution < -0.4 is 0 Å². The van der Waals surface area contributed by atoms with Crippen LogP contribution in [0.4, 0.5) is 0 Å². The molecule has 0 N–H and O–H groups in total.